The molecule has 1 atom stereocenters. The maximum Gasteiger partial charge on any atom is 0.341 e. The first-order chi connectivity index (χ1) is 10.5. The molecule has 0 saturated carbocycles. The molecule has 1 aromatic heterocycles. The molecule has 2 rings (SSSR count). The van der Waals surface area contributed by atoms with E-state index in [0.717, 1.165) is 12.1 Å². The Hall–Kier alpha value is -2.70. The molecular weight excluding hydrogens is 296 g/mol. The van der Waals surface area contributed by atoms with E-state index in [1.165, 1.54) is 13.2 Å². The Morgan fingerprint density at radius 1 is 1.32 bits per heavy atom. The molecule has 0 aliphatic carbocycles. The second-order valence-corrected chi connectivity index (χ2v) is 4.47. The number of benzene rings is 1. The lowest BCUT2D eigenvalue weighted by molar-refractivity contribution is -0.129. The molecule has 1 unspecified atom stereocenters. The highest BCUT2D eigenvalue weighted by Gasteiger charge is 2.21. The molecule has 7 heteroatoms. The maximum atomic E-state index is 13.4. The Morgan fingerprint density at radius 2 is 2.09 bits per heavy atom. The molecule has 1 amide bonds. The molecule has 1 heterocycles. The van der Waals surface area contributed by atoms with Crippen molar-refractivity contribution in [1.82, 2.24) is 5.32 Å². The van der Waals surface area contributed by atoms with E-state index in [4.69, 9.17) is 9.15 Å². The second kappa shape index (κ2) is 6.84. The predicted octanol–water partition coefficient (Wildman–Crippen LogP) is 2.42. The molecule has 1 N–H and O–H groups in total. The van der Waals surface area contributed by atoms with Crippen molar-refractivity contribution in [2.24, 2.45) is 0 Å². The predicted molar refractivity (Wildman–Crippen MR) is 71.8 cm³/mol. The first kappa shape index (κ1) is 15.7. The van der Waals surface area contributed by atoms with Gasteiger partial charge in [0.1, 0.15) is 17.4 Å². The SMILES string of the molecule is CC(OC(=O)c1ccc(F)cc1F)C(=O)NCc1ccco1. The van der Waals surface area contributed by atoms with Crippen molar-refractivity contribution in [1.29, 1.82) is 0 Å². The summed E-state index contributed by atoms with van der Waals surface area (Å²) in [5.41, 5.74) is -0.438. The number of halogens is 2. The molecule has 0 spiro atoms. The first-order valence-corrected chi connectivity index (χ1v) is 6.43. The average molecular weight is 309 g/mol. The zero-order chi connectivity index (χ0) is 16.1. The van der Waals surface area contributed by atoms with Crippen molar-refractivity contribution < 1.29 is 27.5 Å². The minimum atomic E-state index is -1.13. The van der Waals surface area contributed by atoms with Crippen LogP contribution in [0.4, 0.5) is 8.78 Å². The molecule has 0 aliphatic rings. The normalized spacial score (nSPS) is 11.8. The number of ether oxygens (including phenoxy) is 1. The highest BCUT2D eigenvalue weighted by atomic mass is 19.1. The van der Waals surface area contributed by atoms with Crippen LogP contribution in [0, 0.1) is 11.6 Å². The monoisotopic (exact) mass is 309 g/mol. The Balaban J connectivity index is 1.91. The standard InChI is InChI=1S/C15H13F2NO4/c1-9(14(19)18-8-11-3-2-6-21-11)22-15(20)12-5-4-10(16)7-13(12)17/h2-7,9H,8H2,1H3,(H,18,19). The van der Waals surface area contributed by atoms with Crippen LogP contribution in [0.1, 0.15) is 23.0 Å². The number of esters is 1. The molecule has 1 aromatic carbocycles. The zero-order valence-corrected chi connectivity index (χ0v) is 11.6. The smallest absolute Gasteiger partial charge is 0.341 e. The number of amides is 1. The average Bonchev–Trinajstić information content (AvgIpc) is 2.97. The lowest BCUT2D eigenvalue weighted by Gasteiger charge is -2.13. The third-order valence-corrected chi connectivity index (χ3v) is 2.82. The highest BCUT2D eigenvalue weighted by molar-refractivity contribution is 5.92. The van der Waals surface area contributed by atoms with Crippen LogP contribution in [0.25, 0.3) is 0 Å². The van der Waals surface area contributed by atoms with E-state index in [2.05, 4.69) is 5.32 Å². The van der Waals surface area contributed by atoms with Gasteiger partial charge in [-0.2, -0.15) is 0 Å². The van der Waals surface area contributed by atoms with E-state index < -0.39 is 35.2 Å². The van der Waals surface area contributed by atoms with Crippen LogP contribution in [-0.4, -0.2) is 18.0 Å². The summed E-state index contributed by atoms with van der Waals surface area (Å²) >= 11 is 0. The topological polar surface area (TPSA) is 68.5 Å². The number of carbonyl (C=O) groups excluding carboxylic acids is 2. The van der Waals surface area contributed by atoms with E-state index in [9.17, 15) is 18.4 Å². The van der Waals surface area contributed by atoms with Crippen molar-refractivity contribution >= 4 is 11.9 Å². The van der Waals surface area contributed by atoms with Gasteiger partial charge in [-0.3, -0.25) is 4.79 Å². The summed E-state index contributed by atoms with van der Waals surface area (Å²) in [7, 11) is 0. The van der Waals surface area contributed by atoms with Gasteiger partial charge in [0.2, 0.25) is 0 Å². The molecule has 0 aliphatic heterocycles. The van der Waals surface area contributed by atoms with Gasteiger partial charge in [-0.25, -0.2) is 13.6 Å². The van der Waals surface area contributed by atoms with E-state index in [-0.39, 0.29) is 6.54 Å². The van der Waals surface area contributed by atoms with Crippen LogP contribution in [-0.2, 0) is 16.1 Å². The minimum Gasteiger partial charge on any atom is -0.467 e. The molecule has 0 saturated heterocycles. The molecule has 0 radical (unpaired) electrons. The summed E-state index contributed by atoms with van der Waals surface area (Å²) in [5, 5.41) is 2.50. The van der Waals surface area contributed by atoms with Crippen LogP contribution < -0.4 is 5.32 Å². The van der Waals surface area contributed by atoms with Crippen molar-refractivity contribution in [3.63, 3.8) is 0 Å². The summed E-state index contributed by atoms with van der Waals surface area (Å²) in [5.74, 6) is -2.92. The van der Waals surface area contributed by atoms with Gasteiger partial charge in [-0.1, -0.05) is 0 Å². The largest absolute Gasteiger partial charge is 0.467 e. The summed E-state index contributed by atoms with van der Waals surface area (Å²) in [6.45, 7) is 1.48. The first-order valence-electron chi connectivity index (χ1n) is 6.43. The number of furan rings is 1. The number of nitrogens with one attached hydrogen (secondary N) is 1. The van der Waals surface area contributed by atoms with Gasteiger partial charge in [-0.05, 0) is 31.2 Å². The van der Waals surface area contributed by atoms with Crippen molar-refractivity contribution in [2.75, 3.05) is 0 Å². The minimum absolute atomic E-state index is 0.138. The van der Waals surface area contributed by atoms with Crippen LogP contribution in [0.5, 0.6) is 0 Å². The third kappa shape index (κ3) is 3.91. The summed E-state index contributed by atoms with van der Waals surface area (Å²) in [6, 6.07) is 5.80. The number of carbonyl (C=O) groups is 2. The van der Waals surface area contributed by atoms with Crippen LogP contribution in [0.3, 0.4) is 0 Å². The lowest BCUT2D eigenvalue weighted by atomic mass is 10.2. The van der Waals surface area contributed by atoms with Gasteiger partial charge in [-0.15, -0.1) is 0 Å². The van der Waals surface area contributed by atoms with Crippen LogP contribution >= 0.6 is 0 Å². The fourth-order valence-electron chi connectivity index (χ4n) is 1.66. The molecule has 116 valence electrons. The zero-order valence-electron chi connectivity index (χ0n) is 11.6. The van der Waals surface area contributed by atoms with Gasteiger partial charge in [0.15, 0.2) is 6.10 Å². The highest BCUT2D eigenvalue weighted by Crippen LogP contribution is 2.12. The van der Waals surface area contributed by atoms with Crippen molar-refractivity contribution in [3.05, 3.63) is 59.6 Å². The van der Waals surface area contributed by atoms with Crippen molar-refractivity contribution in [3.8, 4) is 0 Å². The molecule has 0 fully saturated rings. The molecule has 2 aromatic rings. The molecule has 5 nitrogen and oxygen atoms in total. The van der Waals surface area contributed by atoms with Crippen LogP contribution in [0.2, 0.25) is 0 Å². The van der Waals surface area contributed by atoms with Crippen molar-refractivity contribution in [2.45, 2.75) is 19.6 Å². The quantitative estimate of drug-likeness (QED) is 0.861. The fraction of sp³-hybridized carbons (Fsp3) is 0.200. The summed E-state index contributed by atoms with van der Waals surface area (Å²) < 4.78 is 36.1. The van der Waals surface area contributed by atoms with E-state index in [0.29, 0.717) is 11.8 Å². The number of hydrogen-bond donors (Lipinski definition) is 1. The van der Waals surface area contributed by atoms with Gasteiger partial charge < -0.3 is 14.5 Å². The van der Waals surface area contributed by atoms with E-state index >= 15 is 0 Å². The van der Waals surface area contributed by atoms with E-state index in [1.54, 1.807) is 12.1 Å². The third-order valence-electron chi connectivity index (χ3n) is 2.82. The molecule has 0 bridgehead atoms. The summed E-state index contributed by atoms with van der Waals surface area (Å²) in [4.78, 5) is 23.5. The second-order valence-electron chi connectivity index (χ2n) is 4.47. The van der Waals surface area contributed by atoms with Gasteiger partial charge >= 0.3 is 5.97 Å². The van der Waals surface area contributed by atoms with Gasteiger partial charge in [0.05, 0.1) is 18.4 Å². The lowest BCUT2D eigenvalue weighted by Crippen LogP contribution is -2.35. The molecular formula is C15H13F2NO4. The van der Waals surface area contributed by atoms with Gasteiger partial charge in [0.25, 0.3) is 5.91 Å². The van der Waals surface area contributed by atoms with Gasteiger partial charge in [0, 0.05) is 6.07 Å². The molecule has 22 heavy (non-hydrogen) atoms. The van der Waals surface area contributed by atoms with Crippen LogP contribution in [0.15, 0.2) is 41.0 Å². The Morgan fingerprint density at radius 3 is 2.73 bits per heavy atom. The number of hydrogen-bond acceptors (Lipinski definition) is 4. The Labute approximate surface area is 124 Å². The maximum absolute atomic E-state index is 13.4. The fourth-order valence-corrected chi connectivity index (χ4v) is 1.66. The Bertz CT molecular complexity index is 670. The summed E-state index contributed by atoms with van der Waals surface area (Å²) in [6.07, 6.45) is 0.328. The van der Waals surface area contributed by atoms with E-state index in [1.807, 2.05) is 0 Å². The number of rotatable bonds is 5. The Kier molecular flexibility index (Phi) is 4.88.